The van der Waals surface area contributed by atoms with E-state index in [1.54, 1.807) is 4.68 Å². The van der Waals surface area contributed by atoms with Gasteiger partial charge in [-0.25, -0.2) is 0 Å². The highest BCUT2D eigenvalue weighted by Crippen LogP contribution is 2.31. The molecule has 1 aromatic heterocycles. The van der Waals surface area contributed by atoms with Gasteiger partial charge in [0.25, 0.3) is 0 Å². The summed E-state index contributed by atoms with van der Waals surface area (Å²) in [6.45, 7) is 2.43. The lowest BCUT2D eigenvalue weighted by atomic mass is 10.0. The van der Waals surface area contributed by atoms with Gasteiger partial charge in [0.15, 0.2) is 0 Å². The molecule has 2 aromatic carbocycles. The molecule has 4 heteroatoms. The fourth-order valence-electron chi connectivity index (χ4n) is 2.64. The molecule has 0 amide bonds. The van der Waals surface area contributed by atoms with Crippen molar-refractivity contribution in [3.63, 3.8) is 0 Å². The van der Waals surface area contributed by atoms with Gasteiger partial charge in [-0.1, -0.05) is 30.3 Å². The molecule has 3 aromatic rings. The second-order valence-electron chi connectivity index (χ2n) is 5.62. The van der Waals surface area contributed by atoms with Gasteiger partial charge in [-0.2, -0.15) is 5.10 Å². The Bertz CT molecular complexity index is 794. The van der Waals surface area contributed by atoms with E-state index in [2.05, 4.69) is 11.2 Å². The van der Waals surface area contributed by atoms with E-state index in [-0.39, 0.29) is 6.61 Å². The molecule has 118 valence electrons. The van der Waals surface area contributed by atoms with Gasteiger partial charge in [0.05, 0.1) is 12.8 Å². The number of aromatic nitrogens is 2. The summed E-state index contributed by atoms with van der Waals surface area (Å²) in [6, 6.07) is 14.0. The number of ether oxygens (including phenoxy) is 1. The van der Waals surface area contributed by atoms with Crippen LogP contribution in [0, 0.1) is 6.92 Å². The molecular formula is C19H20N2O2. The van der Waals surface area contributed by atoms with Crippen LogP contribution in [-0.4, -0.2) is 14.9 Å². The zero-order valence-electron chi connectivity index (χ0n) is 13.4. The Morgan fingerprint density at radius 2 is 1.91 bits per heavy atom. The lowest BCUT2D eigenvalue weighted by molar-refractivity contribution is 0.258. The molecule has 0 aliphatic heterocycles. The van der Waals surface area contributed by atoms with Crippen LogP contribution >= 0.6 is 0 Å². The zero-order chi connectivity index (χ0) is 16.2. The predicted octanol–water partition coefficient (Wildman–Crippen LogP) is 3.47. The smallest absolute Gasteiger partial charge is 0.128 e. The third-order valence-electron chi connectivity index (χ3n) is 3.79. The normalized spacial score (nSPS) is 10.7. The maximum atomic E-state index is 9.72. The van der Waals surface area contributed by atoms with E-state index in [0.717, 1.165) is 33.6 Å². The maximum Gasteiger partial charge on any atom is 0.128 e. The molecule has 4 nitrogen and oxygen atoms in total. The van der Waals surface area contributed by atoms with Crippen LogP contribution in [-0.2, 0) is 20.3 Å². The summed E-state index contributed by atoms with van der Waals surface area (Å²) in [6.07, 6.45) is 3.78. The average Bonchev–Trinajstić information content (AvgIpc) is 3.00. The minimum atomic E-state index is -0.0565. The summed E-state index contributed by atoms with van der Waals surface area (Å²) < 4.78 is 7.73. The Morgan fingerprint density at radius 1 is 1.13 bits per heavy atom. The van der Waals surface area contributed by atoms with Crippen molar-refractivity contribution < 1.29 is 9.84 Å². The van der Waals surface area contributed by atoms with Gasteiger partial charge >= 0.3 is 0 Å². The molecule has 0 spiro atoms. The first-order chi connectivity index (χ1) is 11.2. The molecule has 1 heterocycles. The summed E-state index contributed by atoms with van der Waals surface area (Å²) in [5.74, 6) is 0.754. The minimum Gasteiger partial charge on any atom is -0.488 e. The van der Waals surface area contributed by atoms with Gasteiger partial charge in [0, 0.05) is 24.4 Å². The number of nitrogens with zero attached hydrogens (tertiary/aromatic N) is 2. The van der Waals surface area contributed by atoms with Crippen molar-refractivity contribution in [2.75, 3.05) is 0 Å². The molecule has 23 heavy (non-hydrogen) atoms. The van der Waals surface area contributed by atoms with Crippen LogP contribution in [0.4, 0.5) is 0 Å². The van der Waals surface area contributed by atoms with Crippen LogP contribution in [0.1, 0.15) is 16.7 Å². The van der Waals surface area contributed by atoms with Crippen molar-refractivity contribution in [1.29, 1.82) is 0 Å². The number of benzene rings is 2. The Balaban J connectivity index is 1.88. The molecule has 0 aliphatic rings. The number of aryl methyl sites for hydroxylation is 2. The van der Waals surface area contributed by atoms with Crippen LogP contribution in [0.5, 0.6) is 5.75 Å². The lowest BCUT2D eigenvalue weighted by Crippen LogP contribution is -2.01. The molecule has 0 aliphatic carbocycles. The second-order valence-corrected chi connectivity index (χ2v) is 5.62. The SMILES string of the molecule is Cc1cc(-c2cnn(C)c2)cc(CO)c1OCc1ccccc1. The van der Waals surface area contributed by atoms with Crippen LogP contribution < -0.4 is 4.74 Å². The first kappa shape index (κ1) is 15.3. The maximum absolute atomic E-state index is 9.72. The number of aliphatic hydroxyl groups is 1. The van der Waals surface area contributed by atoms with E-state index in [9.17, 15) is 5.11 Å². The summed E-state index contributed by atoms with van der Waals surface area (Å²) in [5, 5.41) is 13.9. The Kier molecular flexibility index (Phi) is 4.44. The van der Waals surface area contributed by atoms with Crippen LogP contribution in [0.25, 0.3) is 11.1 Å². The largest absolute Gasteiger partial charge is 0.488 e. The van der Waals surface area contributed by atoms with Gasteiger partial charge in [0.2, 0.25) is 0 Å². The highest BCUT2D eigenvalue weighted by Gasteiger charge is 2.11. The lowest BCUT2D eigenvalue weighted by Gasteiger charge is -2.15. The van der Waals surface area contributed by atoms with E-state index >= 15 is 0 Å². The molecule has 0 saturated carbocycles. The first-order valence-corrected chi connectivity index (χ1v) is 7.57. The van der Waals surface area contributed by atoms with Gasteiger partial charge in [-0.15, -0.1) is 0 Å². The fraction of sp³-hybridized carbons (Fsp3) is 0.211. The first-order valence-electron chi connectivity index (χ1n) is 7.57. The molecule has 0 atom stereocenters. The van der Waals surface area contributed by atoms with Gasteiger partial charge < -0.3 is 9.84 Å². The molecule has 0 bridgehead atoms. The molecule has 0 unspecified atom stereocenters. The van der Waals surface area contributed by atoms with E-state index in [4.69, 9.17) is 4.74 Å². The second kappa shape index (κ2) is 6.67. The molecule has 0 radical (unpaired) electrons. The summed E-state index contributed by atoms with van der Waals surface area (Å²) >= 11 is 0. The van der Waals surface area contributed by atoms with Crippen LogP contribution in [0.3, 0.4) is 0 Å². The Hall–Kier alpha value is -2.59. The van der Waals surface area contributed by atoms with E-state index in [1.807, 2.05) is 62.8 Å². The van der Waals surface area contributed by atoms with Crippen molar-refractivity contribution in [3.05, 3.63) is 71.5 Å². The molecule has 0 fully saturated rings. The zero-order valence-corrected chi connectivity index (χ0v) is 13.4. The third-order valence-corrected chi connectivity index (χ3v) is 3.79. The highest BCUT2D eigenvalue weighted by molar-refractivity contribution is 5.66. The molecule has 0 saturated heterocycles. The monoisotopic (exact) mass is 308 g/mol. The minimum absolute atomic E-state index is 0.0565. The van der Waals surface area contributed by atoms with Crippen molar-refractivity contribution in [2.45, 2.75) is 20.1 Å². The van der Waals surface area contributed by atoms with Crippen molar-refractivity contribution in [2.24, 2.45) is 7.05 Å². The average molecular weight is 308 g/mol. The quantitative estimate of drug-likeness (QED) is 0.785. The van der Waals surface area contributed by atoms with Crippen molar-refractivity contribution in [3.8, 4) is 16.9 Å². The van der Waals surface area contributed by atoms with E-state index in [0.29, 0.717) is 6.61 Å². The number of aliphatic hydroxyl groups excluding tert-OH is 1. The number of rotatable bonds is 5. The molecular weight excluding hydrogens is 288 g/mol. The van der Waals surface area contributed by atoms with Gasteiger partial charge in [-0.05, 0) is 35.7 Å². The molecule has 3 rings (SSSR count). The van der Waals surface area contributed by atoms with Crippen molar-refractivity contribution >= 4 is 0 Å². The summed E-state index contributed by atoms with van der Waals surface area (Å²) in [7, 11) is 1.89. The standard InChI is InChI=1S/C19H20N2O2/c1-14-8-16(18-10-20-21(2)11-18)9-17(12-22)19(14)23-13-15-6-4-3-5-7-15/h3-11,22H,12-13H2,1-2H3. The van der Waals surface area contributed by atoms with Crippen molar-refractivity contribution in [1.82, 2.24) is 9.78 Å². The van der Waals surface area contributed by atoms with Gasteiger partial charge in [-0.3, -0.25) is 4.68 Å². The van der Waals surface area contributed by atoms with Crippen LogP contribution in [0.15, 0.2) is 54.9 Å². The van der Waals surface area contributed by atoms with E-state index < -0.39 is 0 Å². The highest BCUT2D eigenvalue weighted by atomic mass is 16.5. The number of hydrogen-bond acceptors (Lipinski definition) is 3. The Morgan fingerprint density at radius 3 is 2.57 bits per heavy atom. The fourth-order valence-corrected chi connectivity index (χ4v) is 2.64. The summed E-state index contributed by atoms with van der Waals surface area (Å²) in [4.78, 5) is 0. The predicted molar refractivity (Wildman–Crippen MR) is 90.1 cm³/mol. The van der Waals surface area contributed by atoms with Crippen LogP contribution in [0.2, 0.25) is 0 Å². The topological polar surface area (TPSA) is 47.3 Å². The third kappa shape index (κ3) is 3.43. The molecule has 1 N–H and O–H groups in total. The summed E-state index contributed by atoms with van der Waals surface area (Å²) in [5.41, 5.74) is 4.96. The van der Waals surface area contributed by atoms with E-state index in [1.165, 1.54) is 0 Å². The Labute approximate surface area is 136 Å². The van der Waals surface area contributed by atoms with Gasteiger partial charge in [0.1, 0.15) is 12.4 Å². The number of hydrogen-bond donors (Lipinski definition) is 1.